The molecule has 1 amide bonds. The third kappa shape index (κ3) is 3.60. The van der Waals surface area contributed by atoms with E-state index >= 15 is 0 Å². The maximum absolute atomic E-state index is 13.2. The summed E-state index contributed by atoms with van der Waals surface area (Å²) in [6, 6.07) is 13.0. The Morgan fingerprint density at radius 1 is 1.09 bits per heavy atom. The van der Waals surface area contributed by atoms with Crippen LogP contribution >= 0.6 is 11.6 Å². The van der Waals surface area contributed by atoms with Crippen molar-refractivity contribution in [3.8, 4) is 5.75 Å². The Morgan fingerprint density at radius 3 is 2.58 bits per heavy atom. The summed E-state index contributed by atoms with van der Waals surface area (Å²) >= 11 is 6.29. The summed E-state index contributed by atoms with van der Waals surface area (Å²) in [4.78, 5) is 27.7. The van der Waals surface area contributed by atoms with Crippen LogP contribution in [0.1, 0.15) is 41.3 Å². The lowest BCUT2D eigenvalue weighted by molar-refractivity contribution is -0.132. The number of hydrogen-bond donors (Lipinski definition) is 1. The second kappa shape index (κ2) is 8.45. The van der Waals surface area contributed by atoms with Crippen molar-refractivity contribution < 1.29 is 23.8 Å². The minimum atomic E-state index is -0.930. The fourth-order valence-corrected chi connectivity index (χ4v) is 4.91. The normalized spacial score (nSPS) is 19.6. The highest BCUT2D eigenvalue weighted by Gasteiger charge is 2.48. The van der Waals surface area contributed by atoms with Gasteiger partial charge in [-0.15, -0.1) is 0 Å². The van der Waals surface area contributed by atoms with E-state index in [1.54, 1.807) is 36.4 Å². The molecule has 33 heavy (non-hydrogen) atoms. The lowest BCUT2D eigenvalue weighted by Crippen LogP contribution is -2.29. The number of carbonyl (C=O) groups is 2. The topological polar surface area (TPSA) is 80.0 Å². The molecule has 2 aromatic carbocycles. The van der Waals surface area contributed by atoms with Gasteiger partial charge in [-0.1, -0.05) is 23.7 Å². The van der Waals surface area contributed by atoms with Gasteiger partial charge in [0.1, 0.15) is 23.3 Å². The zero-order valence-electron chi connectivity index (χ0n) is 18.0. The number of fused-ring (bicyclic) bond motifs is 1. The fourth-order valence-electron chi connectivity index (χ4n) is 4.66. The lowest BCUT2D eigenvalue weighted by atomic mass is 9.89. The van der Waals surface area contributed by atoms with Gasteiger partial charge in [0.15, 0.2) is 0 Å². The standard InChI is InChI=1S/C26H22ClNO5/c1-32-20-11-10-18(14-19(20)27)28-23(21-7-4-12-33-21)22(25(30)26(28)31)24(29)17-9-8-15-5-2-3-6-16(15)13-17/h4,7-14,23,29H,2-3,5-6H2,1H3/b24-22-. The van der Waals surface area contributed by atoms with E-state index in [2.05, 4.69) is 0 Å². The first kappa shape index (κ1) is 21.3. The quantitative estimate of drug-likeness (QED) is 0.316. The Kier molecular flexibility index (Phi) is 5.46. The van der Waals surface area contributed by atoms with Gasteiger partial charge >= 0.3 is 0 Å². The average Bonchev–Trinajstić information content (AvgIpc) is 3.45. The van der Waals surface area contributed by atoms with Gasteiger partial charge in [0.25, 0.3) is 11.7 Å². The minimum Gasteiger partial charge on any atom is -0.507 e. The van der Waals surface area contributed by atoms with Gasteiger partial charge in [-0.05, 0) is 73.2 Å². The summed E-state index contributed by atoms with van der Waals surface area (Å²) in [6.07, 6.45) is 5.63. The van der Waals surface area contributed by atoms with Crippen LogP contribution in [0.5, 0.6) is 5.75 Å². The third-order valence-electron chi connectivity index (χ3n) is 6.29. The molecule has 0 spiro atoms. The molecule has 0 radical (unpaired) electrons. The van der Waals surface area contributed by atoms with Crippen LogP contribution in [0.2, 0.25) is 5.02 Å². The third-order valence-corrected chi connectivity index (χ3v) is 6.59. The van der Waals surface area contributed by atoms with Crippen LogP contribution in [0.4, 0.5) is 5.69 Å². The highest BCUT2D eigenvalue weighted by atomic mass is 35.5. The van der Waals surface area contributed by atoms with E-state index in [9.17, 15) is 14.7 Å². The molecular weight excluding hydrogens is 442 g/mol. The van der Waals surface area contributed by atoms with Crippen LogP contribution in [-0.4, -0.2) is 23.9 Å². The van der Waals surface area contributed by atoms with E-state index in [1.807, 2.05) is 12.1 Å². The van der Waals surface area contributed by atoms with Gasteiger partial charge in [0.2, 0.25) is 0 Å². The van der Waals surface area contributed by atoms with Crippen LogP contribution in [0.15, 0.2) is 64.8 Å². The average molecular weight is 464 g/mol. The number of hydrogen-bond acceptors (Lipinski definition) is 5. The maximum Gasteiger partial charge on any atom is 0.300 e. The van der Waals surface area contributed by atoms with E-state index in [-0.39, 0.29) is 11.3 Å². The molecule has 1 fully saturated rings. The Morgan fingerprint density at radius 2 is 1.88 bits per heavy atom. The number of ketones is 1. The van der Waals surface area contributed by atoms with E-state index in [1.165, 1.54) is 23.8 Å². The van der Waals surface area contributed by atoms with E-state index < -0.39 is 17.7 Å². The second-order valence-electron chi connectivity index (χ2n) is 8.19. The van der Waals surface area contributed by atoms with E-state index in [0.29, 0.717) is 27.8 Å². The minimum absolute atomic E-state index is 0.0161. The smallest absolute Gasteiger partial charge is 0.300 e. The summed E-state index contributed by atoms with van der Waals surface area (Å²) in [6.45, 7) is 0. The Balaban J connectivity index is 1.66. The Bertz CT molecular complexity index is 1280. The molecule has 2 heterocycles. The number of furan rings is 1. The van der Waals surface area contributed by atoms with Crippen LogP contribution < -0.4 is 9.64 Å². The molecule has 2 aliphatic rings. The molecule has 1 aliphatic carbocycles. The summed E-state index contributed by atoms with van der Waals surface area (Å²) in [7, 11) is 1.49. The monoisotopic (exact) mass is 463 g/mol. The molecule has 1 aromatic heterocycles. The van der Waals surface area contributed by atoms with Gasteiger partial charge in [-0.2, -0.15) is 0 Å². The molecule has 1 aliphatic heterocycles. The number of aryl methyl sites for hydroxylation is 2. The van der Waals surface area contributed by atoms with Crippen molar-refractivity contribution in [2.24, 2.45) is 0 Å². The van der Waals surface area contributed by atoms with Gasteiger partial charge in [0.05, 0.1) is 24.0 Å². The van der Waals surface area contributed by atoms with Gasteiger partial charge in [0, 0.05) is 11.3 Å². The molecule has 3 aromatic rings. The van der Waals surface area contributed by atoms with Crippen molar-refractivity contribution in [1.29, 1.82) is 0 Å². The summed E-state index contributed by atoms with van der Waals surface area (Å²) in [5, 5.41) is 11.6. The van der Waals surface area contributed by atoms with Crippen molar-refractivity contribution in [1.82, 2.24) is 0 Å². The first-order valence-corrected chi connectivity index (χ1v) is 11.2. The highest BCUT2D eigenvalue weighted by molar-refractivity contribution is 6.51. The summed E-state index contributed by atoms with van der Waals surface area (Å²) in [5.41, 5.74) is 3.31. The molecule has 168 valence electrons. The number of methoxy groups -OCH3 is 1. The van der Waals surface area contributed by atoms with E-state index in [0.717, 1.165) is 31.2 Å². The first-order chi connectivity index (χ1) is 16.0. The molecular formula is C26H22ClNO5. The van der Waals surface area contributed by atoms with E-state index in [4.69, 9.17) is 20.8 Å². The van der Waals surface area contributed by atoms with Crippen LogP contribution in [-0.2, 0) is 22.4 Å². The van der Waals surface area contributed by atoms with Crippen molar-refractivity contribution in [3.05, 3.63) is 87.8 Å². The molecule has 0 saturated carbocycles. The maximum atomic E-state index is 13.2. The number of rotatable bonds is 4. The number of Topliss-reactive ketones (excluding diaryl/α,β-unsaturated/α-hetero) is 1. The number of halogens is 1. The fraction of sp³-hybridized carbons (Fsp3) is 0.231. The lowest BCUT2D eigenvalue weighted by Gasteiger charge is -2.24. The molecule has 6 nitrogen and oxygen atoms in total. The second-order valence-corrected chi connectivity index (χ2v) is 8.60. The van der Waals surface area contributed by atoms with Crippen LogP contribution in [0.25, 0.3) is 5.76 Å². The molecule has 1 unspecified atom stereocenters. The largest absolute Gasteiger partial charge is 0.507 e. The number of benzene rings is 2. The molecule has 1 atom stereocenters. The summed E-state index contributed by atoms with van der Waals surface area (Å²) < 4.78 is 10.8. The molecule has 7 heteroatoms. The molecule has 1 saturated heterocycles. The zero-order valence-corrected chi connectivity index (χ0v) is 18.8. The Labute approximate surface area is 196 Å². The van der Waals surface area contributed by atoms with Crippen molar-refractivity contribution in [2.45, 2.75) is 31.7 Å². The SMILES string of the molecule is COc1ccc(N2C(=O)C(=O)/C(=C(\O)c3ccc4c(c3)CCCC4)C2c2ccco2)cc1Cl. The number of aliphatic hydroxyl groups excluding tert-OH is 1. The zero-order chi connectivity index (χ0) is 23.1. The summed E-state index contributed by atoms with van der Waals surface area (Å²) in [5.74, 6) is -0.956. The van der Waals surface area contributed by atoms with Gasteiger partial charge in [-0.25, -0.2) is 0 Å². The highest BCUT2D eigenvalue weighted by Crippen LogP contribution is 2.44. The van der Waals surface area contributed by atoms with Crippen molar-refractivity contribution in [2.75, 3.05) is 12.0 Å². The molecule has 0 bridgehead atoms. The van der Waals surface area contributed by atoms with Crippen molar-refractivity contribution >= 4 is 34.7 Å². The molecule has 1 N–H and O–H groups in total. The van der Waals surface area contributed by atoms with Gasteiger partial charge < -0.3 is 14.3 Å². The number of amides is 1. The predicted molar refractivity (Wildman–Crippen MR) is 125 cm³/mol. The number of nitrogens with zero attached hydrogens (tertiary/aromatic N) is 1. The van der Waals surface area contributed by atoms with Crippen molar-refractivity contribution in [3.63, 3.8) is 0 Å². The first-order valence-electron chi connectivity index (χ1n) is 10.8. The van der Waals surface area contributed by atoms with Crippen LogP contribution in [0, 0.1) is 0 Å². The number of carbonyl (C=O) groups excluding carboxylic acids is 2. The molecule has 5 rings (SSSR count). The predicted octanol–water partition coefficient (Wildman–Crippen LogP) is 5.45. The number of aliphatic hydroxyl groups is 1. The number of ether oxygens (including phenoxy) is 1. The Hall–Kier alpha value is -3.51. The van der Waals surface area contributed by atoms with Crippen LogP contribution in [0.3, 0.4) is 0 Å². The number of anilines is 1. The van der Waals surface area contributed by atoms with Gasteiger partial charge in [-0.3, -0.25) is 14.5 Å².